The minimum Gasteiger partial charge on any atom is -0.496 e. The fourth-order valence-corrected chi connectivity index (χ4v) is 3.43. The summed E-state index contributed by atoms with van der Waals surface area (Å²) in [6.45, 7) is 3.07. The second-order valence-corrected chi connectivity index (χ2v) is 5.83. The fourth-order valence-electron chi connectivity index (χ4n) is 1.94. The first-order valence-electron chi connectivity index (χ1n) is 6.08. The van der Waals surface area contributed by atoms with E-state index in [0.717, 1.165) is 33.9 Å². The molecule has 0 bridgehead atoms. The summed E-state index contributed by atoms with van der Waals surface area (Å²) in [7, 11) is 3.59. The highest BCUT2D eigenvalue weighted by molar-refractivity contribution is 9.10. The van der Waals surface area contributed by atoms with Gasteiger partial charge < -0.3 is 10.1 Å². The number of hydrogen-bond acceptors (Lipinski definition) is 5. The van der Waals surface area contributed by atoms with Crippen molar-refractivity contribution in [3.8, 4) is 5.75 Å². The molecule has 0 aromatic carbocycles. The molecule has 1 unspecified atom stereocenters. The third-order valence-corrected chi connectivity index (χ3v) is 4.37. The molecular weight excluding hydrogens is 328 g/mol. The number of aromatic nitrogens is 3. The van der Waals surface area contributed by atoms with E-state index in [1.807, 2.05) is 18.5 Å². The molecule has 0 aliphatic rings. The molecule has 2 heterocycles. The van der Waals surface area contributed by atoms with Crippen LogP contribution in [0.2, 0.25) is 0 Å². The van der Waals surface area contributed by atoms with Crippen molar-refractivity contribution >= 4 is 27.3 Å². The molecule has 1 N–H and O–H groups in total. The zero-order chi connectivity index (χ0) is 13.8. The Bertz CT molecular complexity index is 520. The predicted molar refractivity (Wildman–Crippen MR) is 79.7 cm³/mol. The largest absolute Gasteiger partial charge is 0.496 e. The summed E-state index contributed by atoms with van der Waals surface area (Å²) in [5.41, 5.74) is 1.01. The molecular formula is C12H17BrN4OS. The third kappa shape index (κ3) is 2.98. The van der Waals surface area contributed by atoms with Crippen LogP contribution in [0.25, 0.3) is 0 Å². The maximum absolute atomic E-state index is 5.43. The molecule has 0 aliphatic heterocycles. The van der Waals surface area contributed by atoms with Gasteiger partial charge in [-0.3, -0.25) is 0 Å². The van der Waals surface area contributed by atoms with Gasteiger partial charge in [-0.2, -0.15) is 0 Å². The molecule has 104 valence electrons. The van der Waals surface area contributed by atoms with Crippen molar-refractivity contribution in [2.45, 2.75) is 19.4 Å². The summed E-state index contributed by atoms with van der Waals surface area (Å²) < 4.78 is 7.98. The van der Waals surface area contributed by atoms with Gasteiger partial charge >= 0.3 is 0 Å². The number of nitrogens with one attached hydrogen (secondary N) is 1. The van der Waals surface area contributed by atoms with Crippen molar-refractivity contribution in [1.82, 2.24) is 20.3 Å². The minimum absolute atomic E-state index is 0.0317. The zero-order valence-electron chi connectivity index (χ0n) is 11.2. The molecule has 0 amide bonds. The Hall–Kier alpha value is -0.920. The number of nitrogens with zero attached hydrogens (tertiary/aromatic N) is 3. The van der Waals surface area contributed by atoms with Crippen molar-refractivity contribution in [2.24, 2.45) is 7.05 Å². The number of halogens is 1. The van der Waals surface area contributed by atoms with Crippen LogP contribution in [-0.4, -0.2) is 28.6 Å². The lowest BCUT2D eigenvalue weighted by atomic mass is 10.1. The minimum atomic E-state index is 0.0317. The number of aryl methyl sites for hydroxylation is 1. The molecule has 7 heteroatoms. The zero-order valence-corrected chi connectivity index (χ0v) is 13.6. The van der Waals surface area contributed by atoms with Gasteiger partial charge in [0.05, 0.1) is 23.7 Å². The van der Waals surface area contributed by atoms with Crippen LogP contribution >= 0.6 is 27.3 Å². The van der Waals surface area contributed by atoms with Crippen molar-refractivity contribution in [3.63, 3.8) is 0 Å². The van der Waals surface area contributed by atoms with Gasteiger partial charge in [0.2, 0.25) is 0 Å². The lowest BCUT2D eigenvalue weighted by Crippen LogP contribution is -2.25. The van der Waals surface area contributed by atoms with Crippen LogP contribution in [0.5, 0.6) is 5.75 Å². The molecule has 2 rings (SSSR count). The Morgan fingerprint density at radius 3 is 2.95 bits per heavy atom. The smallest absolute Gasteiger partial charge is 0.153 e. The number of methoxy groups -OCH3 is 1. The van der Waals surface area contributed by atoms with E-state index in [1.165, 1.54) is 0 Å². The molecule has 0 aliphatic carbocycles. The third-order valence-electron chi connectivity index (χ3n) is 2.84. The summed E-state index contributed by atoms with van der Waals surface area (Å²) in [5.74, 6) is 0.895. The molecule has 19 heavy (non-hydrogen) atoms. The SMILES string of the molecule is CCCNC(c1sccc1OC)c1c(Br)nnn1C. The van der Waals surface area contributed by atoms with Gasteiger partial charge in [-0.05, 0) is 40.3 Å². The quantitative estimate of drug-likeness (QED) is 0.875. The first kappa shape index (κ1) is 14.5. The van der Waals surface area contributed by atoms with E-state index in [1.54, 1.807) is 23.1 Å². The van der Waals surface area contributed by atoms with Crippen LogP contribution in [0.1, 0.15) is 30.0 Å². The summed E-state index contributed by atoms with van der Waals surface area (Å²) in [6, 6.07) is 2.02. The highest BCUT2D eigenvalue weighted by Crippen LogP contribution is 2.36. The van der Waals surface area contributed by atoms with Crippen LogP contribution in [0.3, 0.4) is 0 Å². The average molecular weight is 345 g/mol. The van der Waals surface area contributed by atoms with Crippen LogP contribution < -0.4 is 10.1 Å². The van der Waals surface area contributed by atoms with E-state index in [9.17, 15) is 0 Å². The van der Waals surface area contributed by atoms with Gasteiger partial charge in [-0.25, -0.2) is 4.68 Å². The molecule has 1 atom stereocenters. The van der Waals surface area contributed by atoms with E-state index in [4.69, 9.17) is 4.74 Å². The van der Waals surface area contributed by atoms with Crippen molar-refractivity contribution in [2.75, 3.05) is 13.7 Å². The summed E-state index contributed by atoms with van der Waals surface area (Å²) in [6.07, 6.45) is 1.06. The van der Waals surface area contributed by atoms with Crippen molar-refractivity contribution < 1.29 is 4.74 Å². The molecule has 2 aromatic rings. The van der Waals surface area contributed by atoms with Crippen LogP contribution in [0.4, 0.5) is 0 Å². The van der Waals surface area contributed by atoms with Crippen LogP contribution in [0, 0.1) is 0 Å². The van der Waals surface area contributed by atoms with E-state index in [-0.39, 0.29) is 6.04 Å². The number of hydrogen-bond donors (Lipinski definition) is 1. The van der Waals surface area contributed by atoms with Crippen molar-refractivity contribution in [3.05, 3.63) is 26.6 Å². The highest BCUT2D eigenvalue weighted by atomic mass is 79.9. The van der Waals surface area contributed by atoms with Gasteiger partial charge in [-0.1, -0.05) is 12.1 Å². The molecule has 0 radical (unpaired) electrons. The molecule has 0 saturated heterocycles. The first-order chi connectivity index (χ1) is 9.19. The standard InChI is InChI=1S/C12H17BrN4OS/c1-4-6-14-9(10-12(13)15-16-17(10)2)11-8(18-3)5-7-19-11/h5,7,9,14H,4,6H2,1-3H3. The lowest BCUT2D eigenvalue weighted by Gasteiger charge is -2.18. The maximum Gasteiger partial charge on any atom is 0.153 e. The topological polar surface area (TPSA) is 52.0 Å². The average Bonchev–Trinajstić information content (AvgIpc) is 3.00. The Morgan fingerprint density at radius 2 is 2.37 bits per heavy atom. The van der Waals surface area contributed by atoms with Gasteiger partial charge in [0.25, 0.3) is 0 Å². The lowest BCUT2D eigenvalue weighted by molar-refractivity contribution is 0.405. The molecule has 2 aromatic heterocycles. The molecule has 0 spiro atoms. The van der Waals surface area contributed by atoms with Gasteiger partial charge in [0.15, 0.2) is 4.60 Å². The monoisotopic (exact) mass is 344 g/mol. The Kier molecular flexibility index (Phi) is 4.95. The van der Waals surface area contributed by atoms with Crippen LogP contribution in [0.15, 0.2) is 16.0 Å². The van der Waals surface area contributed by atoms with Gasteiger partial charge in [0.1, 0.15) is 5.75 Å². The van der Waals surface area contributed by atoms with Gasteiger partial charge in [0, 0.05) is 7.05 Å². The van der Waals surface area contributed by atoms with Crippen molar-refractivity contribution in [1.29, 1.82) is 0 Å². The normalized spacial score (nSPS) is 12.6. The summed E-state index contributed by atoms with van der Waals surface area (Å²) in [5, 5.41) is 13.7. The Labute approximate surface area is 125 Å². The summed E-state index contributed by atoms with van der Waals surface area (Å²) in [4.78, 5) is 1.14. The number of rotatable bonds is 6. The number of thiophene rings is 1. The van der Waals surface area contributed by atoms with E-state index >= 15 is 0 Å². The predicted octanol–water partition coefficient (Wildman–Crippen LogP) is 2.74. The first-order valence-corrected chi connectivity index (χ1v) is 7.76. The Morgan fingerprint density at radius 1 is 1.58 bits per heavy atom. The van der Waals surface area contributed by atoms with E-state index in [2.05, 4.69) is 38.5 Å². The highest BCUT2D eigenvalue weighted by Gasteiger charge is 2.25. The maximum atomic E-state index is 5.43. The van der Waals surface area contributed by atoms with Gasteiger partial charge in [-0.15, -0.1) is 16.4 Å². The second kappa shape index (κ2) is 6.49. The van der Waals surface area contributed by atoms with E-state index in [0.29, 0.717) is 0 Å². The second-order valence-electron chi connectivity index (χ2n) is 4.13. The summed E-state index contributed by atoms with van der Waals surface area (Å²) >= 11 is 5.14. The fraction of sp³-hybridized carbons (Fsp3) is 0.500. The van der Waals surface area contributed by atoms with Crippen LogP contribution in [-0.2, 0) is 7.05 Å². The Balaban J connectivity index is 2.41. The molecule has 0 saturated carbocycles. The van der Waals surface area contributed by atoms with E-state index < -0.39 is 0 Å². The molecule has 5 nitrogen and oxygen atoms in total. The molecule has 0 fully saturated rings. The number of ether oxygens (including phenoxy) is 1.